The molecule has 1 saturated heterocycles. The molecule has 2 fully saturated rings. The Bertz CT molecular complexity index is 486. The molecule has 0 radical (unpaired) electrons. The third-order valence-corrected chi connectivity index (χ3v) is 4.60. The predicted octanol–water partition coefficient (Wildman–Crippen LogP) is 1.48. The third kappa shape index (κ3) is 2.34. The maximum absolute atomic E-state index is 12.2. The summed E-state index contributed by atoms with van der Waals surface area (Å²) >= 11 is 0. The molecule has 4 nitrogen and oxygen atoms in total. The normalized spacial score (nSPS) is 32.1. The lowest BCUT2D eigenvalue weighted by atomic mass is 9.68. The minimum absolute atomic E-state index is 0.0270. The lowest BCUT2D eigenvalue weighted by Crippen LogP contribution is -2.72. The average molecular weight is 274 g/mol. The molecule has 1 aliphatic heterocycles. The second-order valence-corrected chi connectivity index (χ2v) is 5.77. The van der Waals surface area contributed by atoms with Gasteiger partial charge in [-0.25, -0.2) is 0 Å². The summed E-state index contributed by atoms with van der Waals surface area (Å²) in [6.45, 7) is 2.88. The number of ether oxygens (including phenoxy) is 1. The van der Waals surface area contributed by atoms with Gasteiger partial charge in [0.1, 0.15) is 0 Å². The molecule has 1 amide bonds. The van der Waals surface area contributed by atoms with E-state index in [-0.39, 0.29) is 24.1 Å². The van der Waals surface area contributed by atoms with Gasteiger partial charge < -0.3 is 15.8 Å². The summed E-state index contributed by atoms with van der Waals surface area (Å²) in [4.78, 5) is 12.2. The van der Waals surface area contributed by atoms with Crippen molar-refractivity contribution in [1.82, 2.24) is 5.32 Å². The van der Waals surface area contributed by atoms with Crippen LogP contribution in [-0.4, -0.2) is 30.7 Å². The molecular weight excluding hydrogens is 252 g/mol. The van der Waals surface area contributed by atoms with Crippen LogP contribution >= 0.6 is 0 Å². The average Bonchev–Trinajstić information content (AvgIpc) is 2.52. The maximum atomic E-state index is 12.2. The van der Waals surface area contributed by atoms with Crippen molar-refractivity contribution < 1.29 is 9.53 Å². The Morgan fingerprint density at radius 3 is 2.85 bits per heavy atom. The SMILES string of the molecule is CCc1ccc(C(=O)NC2C(N)C3CCCOC32)cc1. The standard InChI is InChI=1S/C16H22N2O2/c1-2-10-5-7-11(8-6-10)16(19)18-14-13(17)12-4-3-9-20-15(12)14/h5-8,12-15H,2-4,9,17H2,1H3,(H,18,19). The van der Waals surface area contributed by atoms with Crippen molar-refractivity contribution in [2.45, 2.75) is 44.4 Å². The first kappa shape index (κ1) is 13.6. The number of nitrogens with two attached hydrogens (primary N) is 1. The Morgan fingerprint density at radius 2 is 2.15 bits per heavy atom. The first-order valence-electron chi connectivity index (χ1n) is 7.47. The van der Waals surface area contributed by atoms with E-state index in [9.17, 15) is 4.79 Å². The van der Waals surface area contributed by atoms with Crippen LogP contribution in [-0.2, 0) is 11.2 Å². The molecule has 108 valence electrons. The van der Waals surface area contributed by atoms with Gasteiger partial charge in [-0.05, 0) is 37.0 Å². The minimum atomic E-state index is -0.0549. The van der Waals surface area contributed by atoms with E-state index in [1.54, 1.807) is 0 Å². The van der Waals surface area contributed by atoms with E-state index in [0.29, 0.717) is 11.5 Å². The number of aryl methyl sites for hydroxylation is 1. The zero-order valence-corrected chi connectivity index (χ0v) is 11.8. The summed E-state index contributed by atoms with van der Waals surface area (Å²) in [6, 6.07) is 7.72. The summed E-state index contributed by atoms with van der Waals surface area (Å²) in [6.07, 6.45) is 3.28. The van der Waals surface area contributed by atoms with Crippen LogP contribution in [0.2, 0.25) is 0 Å². The van der Waals surface area contributed by atoms with Gasteiger partial charge in [0.05, 0.1) is 12.1 Å². The van der Waals surface area contributed by atoms with Crippen molar-refractivity contribution in [2.75, 3.05) is 6.61 Å². The number of nitrogens with one attached hydrogen (secondary N) is 1. The van der Waals surface area contributed by atoms with Crippen molar-refractivity contribution >= 4 is 5.91 Å². The van der Waals surface area contributed by atoms with Gasteiger partial charge >= 0.3 is 0 Å². The van der Waals surface area contributed by atoms with Gasteiger partial charge in [-0.15, -0.1) is 0 Å². The van der Waals surface area contributed by atoms with Gasteiger partial charge in [-0.3, -0.25) is 4.79 Å². The van der Waals surface area contributed by atoms with E-state index in [4.69, 9.17) is 10.5 Å². The van der Waals surface area contributed by atoms with Crippen LogP contribution in [0.1, 0.15) is 35.7 Å². The minimum Gasteiger partial charge on any atom is -0.376 e. The highest BCUT2D eigenvalue weighted by atomic mass is 16.5. The second-order valence-electron chi connectivity index (χ2n) is 5.77. The maximum Gasteiger partial charge on any atom is 0.251 e. The lowest BCUT2D eigenvalue weighted by Gasteiger charge is -2.52. The lowest BCUT2D eigenvalue weighted by molar-refractivity contribution is -0.117. The van der Waals surface area contributed by atoms with Crippen LogP contribution in [0.3, 0.4) is 0 Å². The van der Waals surface area contributed by atoms with Crippen LogP contribution in [0.5, 0.6) is 0 Å². The van der Waals surface area contributed by atoms with Crippen molar-refractivity contribution in [3.05, 3.63) is 35.4 Å². The zero-order valence-electron chi connectivity index (χ0n) is 11.8. The Kier molecular flexibility index (Phi) is 3.76. The van der Waals surface area contributed by atoms with E-state index in [1.165, 1.54) is 5.56 Å². The second kappa shape index (κ2) is 5.54. The number of carbonyl (C=O) groups excluding carboxylic acids is 1. The fraction of sp³-hybridized carbons (Fsp3) is 0.562. The largest absolute Gasteiger partial charge is 0.376 e. The molecule has 1 heterocycles. The summed E-state index contributed by atoms with van der Waals surface area (Å²) < 4.78 is 5.74. The topological polar surface area (TPSA) is 64.4 Å². The van der Waals surface area contributed by atoms with Crippen molar-refractivity contribution in [3.8, 4) is 0 Å². The highest BCUT2D eigenvalue weighted by molar-refractivity contribution is 5.94. The molecule has 1 saturated carbocycles. The fourth-order valence-electron chi connectivity index (χ4n) is 3.25. The molecule has 4 unspecified atom stereocenters. The molecule has 0 bridgehead atoms. The highest BCUT2D eigenvalue weighted by Gasteiger charge is 2.51. The summed E-state index contributed by atoms with van der Waals surface area (Å²) in [5, 5.41) is 3.03. The zero-order chi connectivity index (χ0) is 14.1. The first-order valence-corrected chi connectivity index (χ1v) is 7.47. The molecule has 3 rings (SSSR count). The van der Waals surface area contributed by atoms with E-state index in [2.05, 4.69) is 12.2 Å². The Labute approximate surface area is 119 Å². The molecule has 4 heteroatoms. The van der Waals surface area contributed by atoms with Crippen LogP contribution in [0.25, 0.3) is 0 Å². The monoisotopic (exact) mass is 274 g/mol. The molecule has 20 heavy (non-hydrogen) atoms. The number of fused-ring (bicyclic) bond motifs is 1. The van der Waals surface area contributed by atoms with E-state index in [0.717, 1.165) is 25.9 Å². The van der Waals surface area contributed by atoms with Crippen molar-refractivity contribution in [2.24, 2.45) is 11.7 Å². The third-order valence-electron chi connectivity index (χ3n) is 4.60. The predicted molar refractivity (Wildman–Crippen MR) is 77.5 cm³/mol. The number of carbonyl (C=O) groups is 1. The first-order chi connectivity index (χ1) is 9.70. The quantitative estimate of drug-likeness (QED) is 0.877. The van der Waals surface area contributed by atoms with E-state index in [1.807, 2.05) is 24.3 Å². The summed E-state index contributed by atoms with van der Waals surface area (Å²) in [5.41, 5.74) is 8.08. The van der Waals surface area contributed by atoms with E-state index < -0.39 is 0 Å². The van der Waals surface area contributed by atoms with Gasteiger partial charge in [0.2, 0.25) is 0 Å². The molecule has 1 aromatic rings. The van der Waals surface area contributed by atoms with Gasteiger partial charge in [-0.1, -0.05) is 19.1 Å². The number of hydrogen-bond acceptors (Lipinski definition) is 3. The molecule has 0 spiro atoms. The number of amides is 1. The van der Waals surface area contributed by atoms with Gasteiger partial charge in [0.15, 0.2) is 0 Å². The van der Waals surface area contributed by atoms with Gasteiger partial charge in [-0.2, -0.15) is 0 Å². The summed E-state index contributed by atoms with van der Waals surface area (Å²) in [7, 11) is 0. The summed E-state index contributed by atoms with van der Waals surface area (Å²) in [5.74, 6) is 0.359. The van der Waals surface area contributed by atoms with Gasteiger partial charge in [0, 0.05) is 24.1 Å². The van der Waals surface area contributed by atoms with Crippen LogP contribution in [0.4, 0.5) is 0 Å². The molecule has 1 aromatic carbocycles. The molecule has 4 atom stereocenters. The van der Waals surface area contributed by atoms with E-state index >= 15 is 0 Å². The molecule has 3 N–H and O–H groups in total. The van der Waals surface area contributed by atoms with Crippen LogP contribution in [0.15, 0.2) is 24.3 Å². The van der Waals surface area contributed by atoms with Crippen LogP contribution in [0, 0.1) is 5.92 Å². The number of benzene rings is 1. The molecule has 2 aliphatic rings. The Morgan fingerprint density at radius 1 is 1.40 bits per heavy atom. The van der Waals surface area contributed by atoms with Crippen molar-refractivity contribution in [1.29, 1.82) is 0 Å². The highest BCUT2D eigenvalue weighted by Crippen LogP contribution is 2.37. The number of rotatable bonds is 3. The van der Waals surface area contributed by atoms with Crippen LogP contribution < -0.4 is 11.1 Å². The smallest absolute Gasteiger partial charge is 0.251 e. The Hall–Kier alpha value is -1.39. The fourth-order valence-corrected chi connectivity index (χ4v) is 3.25. The number of hydrogen-bond donors (Lipinski definition) is 2. The molecular formula is C16H22N2O2. The molecule has 1 aliphatic carbocycles. The van der Waals surface area contributed by atoms with Gasteiger partial charge in [0.25, 0.3) is 5.91 Å². The molecule has 0 aromatic heterocycles. The Balaban J connectivity index is 1.63. The van der Waals surface area contributed by atoms with Crippen molar-refractivity contribution in [3.63, 3.8) is 0 Å².